The highest BCUT2D eigenvalue weighted by Crippen LogP contribution is 2.10. The van der Waals surface area contributed by atoms with Crippen LogP contribution >= 0.6 is 0 Å². The van der Waals surface area contributed by atoms with Crippen LogP contribution in [0.15, 0.2) is 24.3 Å². The number of ether oxygens (including phenoxy) is 1. The molecular weight excluding hydrogens is 218 g/mol. The van der Waals surface area contributed by atoms with Crippen LogP contribution < -0.4 is 0 Å². The van der Waals surface area contributed by atoms with Gasteiger partial charge in [0.2, 0.25) is 0 Å². The monoisotopic (exact) mass is 233 g/mol. The molecule has 1 aromatic rings. The lowest BCUT2D eigenvalue weighted by molar-refractivity contribution is 0.131. The summed E-state index contributed by atoms with van der Waals surface area (Å²) in [5, 5.41) is 8.67. The minimum Gasteiger partial charge on any atom is -0.453 e. The molecule has 0 radical (unpaired) electrons. The second-order valence-corrected chi connectivity index (χ2v) is 3.44. The Balaban J connectivity index is 2.87. The Kier molecular flexibility index (Phi) is 5.05. The predicted molar refractivity (Wildman–Crippen MR) is 64.3 cm³/mol. The number of methoxy groups -OCH3 is 1. The van der Waals surface area contributed by atoms with Crippen molar-refractivity contribution in [1.82, 2.24) is 4.90 Å². The van der Waals surface area contributed by atoms with Crippen molar-refractivity contribution in [3.05, 3.63) is 35.4 Å². The van der Waals surface area contributed by atoms with Crippen molar-refractivity contribution in [2.24, 2.45) is 0 Å². The quantitative estimate of drug-likeness (QED) is 0.782. The molecule has 0 aliphatic heterocycles. The van der Waals surface area contributed by atoms with Crippen LogP contribution in [0.4, 0.5) is 4.79 Å². The summed E-state index contributed by atoms with van der Waals surface area (Å²) < 4.78 is 4.62. The Morgan fingerprint density at radius 2 is 2.18 bits per heavy atom. The zero-order chi connectivity index (χ0) is 12.7. The summed E-state index contributed by atoms with van der Waals surface area (Å²) in [6, 6.07) is 7.48. The molecule has 0 aliphatic carbocycles. The lowest BCUT2D eigenvalue weighted by Gasteiger charge is -2.16. The van der Waals surface area contributed by atoms with E-state index in [1.165, 1.54) is 12.0 Å². The lowest BCUT2D eigenvalue weighted by atomic mass is 10.1. The maximum atomic E-state index is 11.3. The normalized spacial score (nSPS) is 9.12. The molecule has 1 amide bonds. The number of nitrogens with zero attached hydrogens (tertiary/aromatic N) is 1. The summed E-state index contributed by atoms with van der Waals surface area (Å²) in [5.41, 5.74) is 1.72. The molecule has 4 nitrogen and oxygen atoms in total. The molecule has 17 heavy (non-hydrogen) atoms. The van der Waals surface area contributed by atoms with E-state index in [4.69, 9.17) is 5.11 Å². The van der Waals surface area contributed by atoms with Crippen LogP contribution in [-0.4, -0.2) is 36.9 Å². The summed E-state index contributed by atoms with van der Waals surface area (Å²) in [4.78, 5) is 12.7. The molecule has 1 rings (SSSR count). The fourth-order valence-corrected chi connectivity index (χ4v) is 1.39. The number of aliphatic hydroxyl groups is 1. The standard InChI is InChI=1S/C13H15NO3/c1-14(13(16)17-2)10-12-7-4-3-6-11(12)8-5-9-15/h3-4,6-7,15H,9-10H2,1-2H3. The van der Waals surface area contributed by atoms with Gasteiger partial charge in [-0.15, -0.1) is 0 Å². The summed E-state index contributed by atoms with van der Waals surface area (Å²) in [6.45, 7) is 0.240. The number of aliphatic hydroxyl groups excluding tert-OH is 1. The van der Waals surface area contributed by atoms with E-state index in [1.807, 2.05) is 24.3 Å². The van der Waals surface area contributed by atoms with Crippen LogP contribution in [0.2, 0.25) is 0 Å². The number of carbonyl (C=O) groups is 1. The minimum atomic E-state index is -0.394. The van der Waals surface area contributed by atoms with E-state index in [1.54, 1.807) is 7.05 Å². The molecule has 90 valence electrons. The lowest BCUT2D eigenvalue weighted by Crippen LogP contribution is -2.26. The molecule has 0 aromatic heterocycles. The topological polar surface area (TPSA) is 49.8 Å². The zero-order valence-corrected chi connectivity index (χ0v) is 9.93. The van der Waals surface area contributed by atoms with E-state index in [-0.39, 0.29) is 6.61 Å². The molecule has 1 aromatic carbocycles. The SMILES string of the molecule is COC(=O)N(C)Cc1ccccc1C#CCO. The highest BCUT2D eigenvalue weighted by atomic mass is 16.5. The Morgan fingerprint density at radius 3 is 2.82 bits per heavy atom. The number of rotatable bonds is 2. The van der Waals surface area contributed by atoms with Crippen molar-refractivity contribution in [3.63, 3.8) is 0 Å². The van der Waals surface area contributed by atoms with Gasteiger partial charge in [0.05, 0.1) is 7.11 Å². The third kappa shape index (κ3) is 3.82. The van der Waals surface area contributed by atoms with Crippen molar-refractivity contribution in [2.45, 2.75) is 6.54 Å². The van der Waals surface area contributed by atoms with Crippen LogP contribution in [0.5, 0.6) is 0 Å². The first-order chi connectivity index (χ1) is 8.19. The zero-order valence-electron chi connectivity index (χ0n) is 9.93. The molecular formula is C13H15NO3. The molecule has 0 heterocycles. The summed E-state index contributed by atoms with van der Waals surface area (Å²) in [7, 11) is 3.00. The van der Waals surface area contributed by atoms with Crippen molar-refractivity contribution in [3.8, 4) is 11.8 Å². The summed E-state index contributed by atoms with van der Waals surface area (Å²) in [6.07, 6.45) is -0.394. The largest absolute Gasteiger partial charge is 0.453 e. The smallest absolute Gasteiger partial charge is 0.409 e. The molecule has 0 saturated heterocycles. The van der Waals surface area contributed by atoms with Gasteiger partial charge in [-0.2, -0.15) is 0 Å². The molecule has 0 saturated carbocycles. The summed E-state index contributed by atoms with van der Waals surface area (Å²) >= 11 is 0. The Bertz CT molecular complexity index is 445. The van der Waals surface area contributed by atoms with Crippen LogP contribution in [0, 0.1) is 11.8 Å². The van der Waals surface area contributed by atoms with E-state index >= 15 is 0 Å². The van der Waals surface area contributed by atoms with Crippen LogP contribution in [-0.2, 0) is 11.3 Å². The average molecular weight is 233 g/mol. The first kappa shape index (κ1) is 13.1. The van der Waals surface area contributed by atoms with Crippen LogP contribution in [0.1, 0.15) is 11.1 Å². The van der Waals surface area contributed by atoms with Crippen molar-refractivity contribution in [2.75, 3.05) is 20.8 Å². The average Bonchev–Trinajstić information content (AvgIpc) is 2.36. The van der Waals surface area contributed by atoms with E-state index in [0.29, 0.717) is 6.54 Å². The number of carbonyl (C=O) groups excluding carboxylic acids is 1. The van der Waals surface area contributed by atoms with Crippen LogP contribution in [0.25, 0.3) is 0 Å². The van der Waals surface area contributed by atoms with Gasteiger partial charge >= 0.3 is 6.09 Å². The van der Waals surface area contributed by atoms with Gasteiger partial charge in [-0.25, -0.2) is 4.79 Å². The first-order valence-electron chi connectivity index (χ1n) is 5.15. The second kappa shape index (κ2) is 6.56. The third-order valence-corrected chi connectivity index (χ3v) is 2.21. The van der Waals surface area contributed by atoms with Gasteiger partial charge in [0.25, 0.3) is 0 Å². The van der Waals surface area contributed by atoms with Gasteiger partial charge in [0.15, 0.2) is 0 Å². The van der Waals surface area contributed by atoms with E-state index in [0.717, 1.165) is 11.1 Å². The van der Waals surface area contributed by atoms with Gasteiger partial charge in [-0.05, 0) is 11.6 Å². The maximum Gasteiger partial charge on any atom is 0.409 e. The Morgan fingerprint density at radius 1 is 1.47 bits per heavy atom. The van der Waals surface area contributed by atoms with Crippen LogP contribution in [0.3, 0.4) is 0 Å². The Labute approximate surface area is 101 Å². The fraction of sp³-hybridized carbons (Fsp3) is 0.308. The predicted octanol–water partition coefficient (Wildman–Crippen LogP) is 1.23. The van der Waals surface area contributed by atoms with Gasteiger partial charge in [0.1, 0.15) is 6.61 Å². The van der Waals surface area contributed by atoms with E-state index < -0.39 is 6.09 Å². The molecule has 1 N–H and O–H groups in total. The van der Waals surface area contributed by atoms with Gasteiger partial charge in [-0.3, -0.25) is 0 Å². The highest BCUT2D eigenvalue weighted by molar-refractivity contribution is 5.67. The van der Waals surface area contributed by atoms with Crippen molar-refractivity contribution >= 4 is 6.09 Å². The molecule has 0 bridgehead atoms. The second-order valence-electron chi connectivity index (χ2n) is 3.44. The summed E-state index contributed by atoms with van der Waals surface area (Å²) in [5.74, 6) is 5.44. The first-order valence-corrected chi connectivity index (χ1v) is 5.15. The maximum absolute atomic E-state index is 11.3. The molecule has 4 heteroatoms. The van der Waals surface area contributed by atoms with Gasteiger partial charge in [0, 0.05) is 19.2 Å². The van der Waals surface area contributed by atoms with Gasteiger partial charge < -0.3 is 14.7 Å². The minimum absolute atomic E-state index is 0.179. The fourth-order valence-electron chi connectivity index (χ4n) is 1.39. The van der Waals surface area contributed by atoms with Crippen molar-refractivity contribution < 1.29 is 14.6 Å². The number of hydrogen-bond acceptors (Lipinski definition) is 3. The molecule has 0 fully saturated rings. The van der Waals surface area contributed by atoms with E-state index in [2.05, 4.69) is 16.6 Å². The molecule has 0 atom stereocenters. The molecule has 0 aliphatic rings. The number of benzene rings is 1. The number of amides is 1. The van der Waals surface area contributed by atoms with E-state index in [9.17, 15) is 4.79 Å². The van der Waals surface area contributed by atoms with Gasteiger partial charge in [-0.1, -0.05) is 30.0 Å². The third-order valence-electron chi connectivity index (χ3n) is 2.21. The van der Waals surface area contributed by atoms with Crippen molar-refractivity contribution in [1.29, 1.82) is 0 Å². The highest BCUT2D eigenvalue weighted by Gasteiger charge is 2.10. The Hall–Kier alpha value is -1.99. The molecule has 0 spiro atoms. The number of hydrogen-bond donors (Lipinski definition) is 1. The molecule has 0 unspecified atom stereocenters.